The minimum atomic E-state index is 0.699. The number of quaternary nitrogens is 1. The van der Waals surface area contributed by atoms with E-state index >= 15 is 0 Å². The van der Waals surface area contributed by atoms with Gasteiger partial charge in [0.15, 0.2) is 6.17 Å². The molecule has 42 valence electrons. The quantitative estimate of drug-likeness (QED) is 0.373. The lowest BCUT2D eigenvalue weighted by Gasteiger charge is -2.02. The van der Waals surface area contributed by atoms with E-state index in [1.165, 1.54) is 6.54 Å². The second-order valence-corrected chi connectivity index (χ2v) is 2.39. The highest BCUT2D eigenvalue weighted by Crippen LogP contribution is 2.16. The van der Waals surface area contributed by atoms with Crippen molar-refractivity contribution >= 4 is 0 Å². The van der Waals surface area contributed by atoms with Gasteiger partial charge in [-0.15, -0.1) is 5.43 Å². The second-order valence-electron chi connectivity index (χ2n) is 2.39. The fourth-order valence-electron chi connectivity index (χ4n) is 0.759. The third-order valence-electron chi connectivity index (χ3n) is 1.93. The van der Waals surface area contributed by atoms with Crippen LogP contribution in [0.2, 0.25) is 0 Å². The van der Waals surface area contributed by atoms with Crippen LogP contribution in [0.15, 0.2) is 0 Å². The van der Waals surface area contributed by atoms with E-state index in [-0.39, 0.29) is 0 Å². The van der Waals surface area contributed by atoms with Gasteiger partial charge < -0.3 is 0 Å². The van der Waals surface area contributed by atoms with Crippen LogP contribution in [0.4, 0.5) is 0 Å². The van der Waals surface area contributed by atoms with Crippen molar-refractivity contribution in [1.82, 2.24) is 5.43 Å². The van der Waals surface area contributed by atoms with Gasteiger partial charge >= 0.3 is 0 Å². The maximum atomic E-state index is 3.30. The summed E-state index contributed by atoms with van der Waals surface area (Å²) in [6.45, 7) is 5.58. The zero-order valence-corrected chi connectivity index (χ0v) is 5.23. The van der Waals surface area contributed by atoms with Gasteiger partial charge in [-0.05, 0) is 6.92 Å². The van der Waals surface area contributed by atoms with Crippen LogP contribution in [0, 0.1) is 0 Å². The zero-order valence-electron chi connectivity index (χ0n) is 5.23. The number of hydrogen-bond acceptors (Lipinski definition) is 1. The molecule has 2 nitrogen and oxygen atoms in total. The van der Waals surface area contributed by atoms with E-state index in [2.05, 4.69) is 26.3 Å². The first-order valence-electron chi connectivity index (χ1n) is 2.82. The Morgan fingerprint density at radius 1 is 1.71 bits per heavy atom. The molecule has 1 N–H and O–H groups in total. The Morgan fingerprint density at radius 2 is 2.14 bits per heavy atom. The van der Waals surface area contributed by atoms with E-state index in [0.717, 1.165) is 4.59 Å². The molecule has 0 aromatic rings. The van der Waals surface area contributed by atoms with E-state index < -0.39 is 0 Å². The van der Waals surface area contributed by atoms with Crippen molar-refractivity contribution in [2.75, 3.05) is 13.6 Å². The van der Waals surface area contributed by atoms with Gasteiger partial charge in [-0.3, -0.25) is 0 Å². The Labute approximate surface area is 44.7 Å². The van der Waals surface area contributed by atoms with Gasteiger partial charge in [0.25, 0.3) is 0 Å². The van der Waals surface area contributed by atoms with Gasteiger partial charge in [0.1, 0.15) is 0 Å². The lowest BCUT2D eigenvalue weighted by molar-refractivity contribution is -0.813. The van der Waals surface area contributed by atoms with E-state index in [1.807, 2.05) is 0 Å². The van der Waals surface area contributed by atoms with Crippen LogP contribution >= 0.6 is 0 Å². The number of rotatable bonds is 1. The number of hydrogen-bond donors (Lipinski definition) is 1. The maximum Gasteiger partial charge on any atom is 0.199 e. The summed E-state index contributed by atoms with van der Waals surface area (Å²) in [6, 6.07) is 0. The van der Waals surface area contributed by atoms with Crippen LogP contribution in [-0.2, 0) is 0 Å². The Balaban J connectivity index is 2.36. The van der Waals surface area contributed by atoms with Gasteiger partial charge in [0.05, 0.1) is 13.6 Å². The summed E-state index contributed by atoms with van der Waals surface area (Å²) in [5, 5.41) is 0. The first-order valence-corrected chi connectivity index (χ1v) is 2.82. The molecule has 0 aromatic carbocycles. The molecule has 2 heteroatoms. The summed E-state index contributed by atoms with van der Waals surface area (Å²) in [6.07, 6.45) is 0.699. The van der Waals surface area contributed by atoms with Gasteiger partial charge in [0, 0.05) is 6.92 Å². The molecule has 0 spiro atoms. The summed E-state index contributed by atoms with van der Waals surface area (Å²) in [5.74, 6) is 0. The lowest BCUT2D eigenvalue weighted by atomic mass is 10.6. The SMILES string of the molecule is CC[N+]1(C)NC1C. The maximum absolute atomic E-state index is 3.30. The lowest BCUT2D eigenvalue weighted by Crippen LogP contribution is -2.23. The summed E-state index contributed by atoms with van der Waals surface area (Å²) < 4.78 is 1.06. The van der Waals surface area contributed by atoms with Crippen molar-refractivity contribution in [1.29, 1.82) is 0 Å². The van der Waals surface area contributed by atoms with Crippen molar-refractivity contribution < 1.29 is 4.59 Å². The highest BCUT2D eigenvalue weighted by atomic mass is 15.9. The van der Waals surface area contributed by atoms with E-state index in [0.29, 0.717) is 6.17 Å². The Hall–Kier alpha value is -0.0800. The molecule has 7 heavy (non-hydrogen) atoms. The van der Waals surface area contributed by atoms with Crippen molar-refractivity contribution in [3.63, 3.8) is 0 Å². The predicted octanol–water partition coefficient (Wildman–Crippen LogP) is 0.317. The molecule has 1 saturated heterocycles. The Kier molecular flexibility index (Phi) is 0.869. The van der Waals surface area contributed by atoms with Crippen molar-refractivity contribution in [3.05, 3.63) is 0 Å². The first-order chi connectivity index (χ1) is 3.19. The molecule has 2 unspecified atom stereocenters. The molecule has 0 saturated carbocycles. The molecule has 2 atom stereocenters. The molecular formula is C5H13N2+. The predicted molar refractivity (Wildman–Crippen MR) is 29.3 cm³/mol. The third-order valence-corrected chi connectivity index (χ3v) is 1.93. The van der Waals surface area contributed by atoms with E-state index in [9.17, 15) is 0 Å². The molecule has 1 fully saturated rings. The van der Waals surface area contributed by atoms with Gasteiger partial charge in [0.2, 0.25) is 0 Å². The van der Waals surface area contributed by atoms with E-state index in [1.54, 1.807) is 0 Å². The van der Waals surface area contributed by atoms with Crippen molar-refractivity contribution in [2.24, 2.45) is 0 Å². The summed E-state index contributed by atoms with van der Waals surface area (Å²) in [7, 11) is 2.20. The van der Waals surface area contributed by atoms with Crippen LogP contribution in [0.25, 0.3) is 0 Å². The third kappa shape index (κ3) is 0.640. The zero-order chi connectivity index (χ0) is 5.49. The van der Waals surface area contributed by atoms with Crippen LogP contribution in [0.1, 0.15) is 13.8 Å². The minimum Gasteiger partial charge on any atom is -0.225 e. The summed E-state index contributed by atoms with van der Waals surface area (Å²) in [5.41, 5.74) is 3.30. The van der Waals surface area contributed by atoms with Crippen molar-refractivity contribution in [2.45, 2.75) is 20.0 Å². The highest BCUT2D eigenvalue weighted by Gasteiger charge is 2.45. The van der Waals surface area contributed by atoms with Crippen LogP contribution < -0.4 is 5.43 Å². The highest BCUT2D eigenvalue weighted by molar-refractivity contribution is 4.50. The van der Waals surface area contributed by atoms with Gasteiger partial charge in [-0.2, -0.15) is 0 Å². The second kappa shape index (κ2) is 1.20. The fourth-order valence-corrected chi connectivity index (χ4v) is 0.759. The van der Waals surface area contributed by atoms with Gasteiger partial charge in [-0.25, -0.2) is 4.59 Å². The van der Waals surface area contributed by atoms with Crippen LogP contribution in [-0.4, -0.2) is 24.4 Å². The average molecular weight is 101 g/mol. The number of nitrogens with zero attached hydrogens (tertiary/aromatic N) is 1. The Bertz CT molecular complexity index is 78.1. The van der Waals surface area contributed by atoms with Crippen LogP contribution in [0.5, 0.6) is 0 Å². The molecule has 1 rings (SSSR count). The molecule has 1 aliphatic rings. The number of nitrogens with one attached hydrogen (secondary N) is 1. The first kappa shape index (κ1) is 5.06. The van der Waals surface area contributed by atoms with E-state index in [4.69, 9.17) is 0 Å². The molecule has 0 aliphatic carbocycles. The molecule has 1 heterocycles. The average Bonchev–Trinajstić information content (AvgIpc) is 2.18. The van der Waals surface area contributed by atoms with Gasteiger partial charge in [-0.1, -0.05) is 0 Å². The fraction of sp³-hybridized carbons (Fsp3) is 1.00. The molecule has 0 radical (unpaired) electrons. The molecular weight excluding hydrogens is 88.1 g/mol. The van der Waals surface area contributed by atoms with Crippen LogP contribution in [0.3, 0.4) is 0 Å². The Morgan fingerprint density at radius 3 is 2.14 bits per heavy atom. The topological polar surface area (TPSA) is 21.9 Å². The largest absolute Gasteiger partial charge is 0.225 e. The minimum absolute atomic E-state index is 0.699. The smallest absolute Gasteiger partial charge is 0.199 e. The monoisotopic (exact) mass is 101 g/mol. The molecule has 0 aromatic heterocycles. The molecule has 1 aliphatic heterocycles. The normalized spacial score (nSPS) is 49.3. The summed E-state index contributed by atoms with van der Waals surface area (Å²) >= 11 is 0. The van der Waals surface area contributed by atoms with Crippen molar-refractivity contribution in [3.8, 4) is 0 Å². The molecule has 0 bridgehead atoms. The molecule has 0 amide bonds. The summed E-state index contributed by atoms with van der Waals surface area (Å²) in [4.78, 5) is 0. The standard InChI is InChI=1S/C5H13N2/c1-4-7(3)5(2)6-7/h5-6H,4H2,1-3H3/q+1.